The summed E-state index contributed by atoms with van der Waals surface area (Å²) in [5.41, 5.74) is 1.75. The summed E-state index contributed by atoms with van der Waals surface area (Å²) in [4.78, 5) is 38.6. The predicted molar refractivity (Wildman–Crippen MR) is 120 cm³/mol. The average molecular weight is 490 g/mol. The van der Waals surface area contributed by atoms with Gasteiger partial charge in [-0.3, -0.25) is 14.9 Å². The molecule has 1 fully saturated rings. The minimum atomic E-state index is -0.793. The second-order valence-corrected chi connectivity index (χ2v) is 7.65. The number of barbiturate groups is 1. The largest absolute Gasteiger partial charge is 0.487 e. The van der Waals surface area contributed by atoms with E-state index in [9.17, 15) is 14.4 Å². The summed E-state index contributed by atoms with van der Waals surface area (Å²) in [6.45, 7) is 5.86. The van der Waals surface area contributed by atoms with Gasteiger partial charge in [0.25, 0.3) is 11.8 Å². The first-order valence-corrected chi connectivity index (χ1v) is 10.3. The minimum Gasteiger partial charge on any atom is -0.487 e. The molecule has 1 heterocycles. The molecule has 2 aromatic carbocycles. The van der Waals surface area contributed by atoms with Gasteiger partial charge in [0.2, 0.25) is 0 Å². The Labute approximate surface area is 187 Å². The summed E-state index contributed by atoms with van der Waals surface area (Å²) in [6, 6.07) is 9.43. The number of amides is 4. The Morgan fingerprint density at radius 1 is 1.20 bits per heavy atom. The van der Waals surface area contributed by atoms with Crippen molar-refractivity contribution in [2.24, 2.45) is 0 Å². The molecule has 1 aliphatic rings. The SMILES string of the molecule is C=CCOc1c(Cl)cc(/C=C2/C(=O)NC(=O)N(c3ccc(CC)cc3)C2=O)cc1Br. The van der Waals surface area contributed by atoms with Gasteiger partial charge < -0.3 is 4.74 Å². The number of urea groups is 1. The normalized spacial score (nSPS) is 15.4. The second kappa shape index (κ2) is 9.28. The standard InChI is InChI=1S/C22H18BrClN2O4/c1-3-9-30-19-17(23)11-14(12-18(19)24)10-16-20(27)25-22(29)26(21(16)28)15-7-5-13(4-2)6-8-15/h3,5-8,10-12H,1,4,9H2,2H3,(H,25,27,29)/b16-10-. The summed E-state index contributed by atoms with van der Waals surface area (Å²) >= 11 is 9.64. The zero-order valence-electron chi connectivity index (χ0n) is 16.1. The van der Waals surface area contributed by atoms with Crippen molar-refractivity contribution < 1.29 is 19.1 Å². The van der Waals surface area contributed by atoms with Crippen molar-refractivity contribution in [2.75, 3.05) is 11.5 Å². The van der Waals surface area contributed by atoms with Crippen molar-refractivity contribution in [3.05, 3.63) is 75.2 Å². The zero-order valence-corrected chi connectivity index (χ0v) is 18.4. The molecular weight excluding hydrogens is 472 g/mol. The van der Waals surface area contributed by atoms with Crippen molar-refractivity contribution in [1.29, 1.82) is 0 Å². The third-order valence-corrected chi connectivity index (χ3v) is 5.25. The van der Waals surface area contributed by atoms with Crippen LogP contribution in [0.4, 0.5) is 10.5 Å². The summed E-state index contributed by atoms with van der Waals surface area (Å²) in [5.74, 6) is -1.07. The first-order chi connectivity index (χ1) is 14.3. The number of carbonyl (C=O) groups is 3. The van der Waals surface area contributed by atoms with Gasteiger partial charge in [-0.1, -0.05) is 43.3 Å². The van der Waals surface area contributed by atoms with E-state index in [4.69, 9.17) is 16.3 Å². The summed E-state index contributed by atoms with van der Waals surface area (Å²) in [5, 5.41) is 2.50. The highest BCUT2D eigenvalue weighted by Crippen LogP contribution is 2.35. The molecule has 154 valence electrons. The number of nitrogens with one attached hydrogen (secondary N) is 1. The maximum Gasteiger partial charge on any atom is 0.335 e. The number of ether oxygens (including phenoxy) is 1. The second-order valence-electron chi connectivity index (χ2n) is 6.39. The van der Waals surface area contributed by atoms with Gasteiger partial charge in [-0.05, 0) is 63.8 Å². The maximum absolute atomic E-state index is 13.0. The quantitative estimate of drug-likeness (QED) is 0.356. The first kappa shape index (κ1) is 21.8. The molecule has 3 rings (SSSR count). The highest BCUT2D eigenvalue weighted by Gasteiger charge is 2.36. The highest BCUT2D eigenvalue weighted by molar-refractivity contribution is 9.10. The average Bonchev–Trinajstić information content (AvgIpc) is 2.71. The number of hydrogen-bond donors (Lipinski definition) is 1. The van der Waals surface area contributed by atoms with Crippen LogP contribution in [0.15, 0.2) is 59.1 Å². The van der Waals surface area contributed by atoms with Crippen molar-refractivity contribution in [3.8, 4) is 5.75 Å². The van der Waals surface area contributed by atoms with Gasteiger partial charge in [0.1, 0.15) is 12.2 Å². The number of carbonyl (C=O) groups excluding carboxylic acids is 3. The molecule has 2 aromatic rings. The number of aryl methyl sites for hydroxylation is 1. The number of rotatable bonds is 6. The number of halogens is 2. The van der Waals surface area contributed by atoms with Crippen molar-refractivity contribution in [1.82, 2.24) is 5.32 Å². The van der Waals surface area contributed by atoms with E-state index < -0.39 is 17.8 Å². The molecule has 30 heavy (non-hydrogen) atoms. The molecule has 0 bridgehead atoms. The lowest BCUT2D eigenvalue weighted by atomic mass is 10.1. The highest BCUT2D eigenvalue weighted by atomic mass is 79.9. The van der Waals surface area contributed by atoms with Gasteiger partial charge in [0, 0.05) is 0 Å². The molecule has 0 aromatic heterocycles. The van der Waals surface area contributed by atoms with E-state index in [0.29, 0.717) is 26.5 Å². The van der Waals surface area contributed by atoms with E-state index in [1.165, 1.54) is 6.08 Å². The summed E-state index contributed by atoms with van der Waals surface area (Å²) in [7, 11) is 0. The van der Waals surface area contributed by atoms with Gasteiger partial charge in [0.15, 0.2) is 5.75 Å². The fourth-order valence-electron chi connectivity index (χ4n) is 2.88. The first-order valence-electron chi connectivity index (χ1n) is 9.08. The minimum absolute atomic E-state index is 0.183. The van der Waals surface area contributed by atoms with E-state index in [2.05, 4.69) is 27.8 Å². The van der Waals surface area contributed by atoms with Crippen LogP contribution in [0.25, 0.3) is 6.08 Å². The molecule has 0 unspecified atom stereocenters. The van der Waals surface area contributed by atoms with Gasteiger partial charge in [-0.2, -0.15) is 0 Å². The Morgan fingerprint density at radius 2 is 1.90 bits per heavy atom. The Hall–Kier alpha value is -2.90. The van der Waals surface area contributed by atoms with E-state index >= 15 is 0 Å². The molecule has 8 heteroatoms. The fourth-order valence-corrected chi connectivity index (χ4v) is 3.87. The van der Waals surface area contributed by atoms with E-state index in [-0.39, 0.29) is 12.2 Å². The van der Waals surface area contributed by atoms with E-state index in [0.717, 1.165) is 16.9 Å². The molecule has 1 aliphatic heterocycles. The molecule has 1 saturated heterocycles. The monoisotopic (exact) mass is 488 g/mol. The zero-order chi connectivity index (χ0) is 21.8. The lowest BCUT2D eigenvalue weighted by molar-refractivity contribution is -0.122. The molecule has 0 spiro atoms. The molecule has 1 N–H and O–H groups in total. The van der Waals surface area contributed by atoms with Crippen LogP contribution in [0.5, 0.6) is 5.75 Å². The molecule has 4 amide bonds. The van der Waals surface area contributed by atoms with Crippen LogP contribution >= 0.6 is 27.5 Å². The molecule has 0 saturated carbocycles. The molecule has 0 aliphatic carbocycles. The Bertz CT molecular complexity index is 1040. The van der Waals surface area contributed by atoms with Gasteiger partial charge in [-0.25, -0.2) is 9.69 Å². The molecular formula is C22H18BrClN2O4. The van der Waals surface area contributed by atoms with Crippen molar-refractivity contribution in [3.63, 3.8) is 0 Å². The Morgan fingerprint density at radius 3 is 2.50 bits per heavy atom. The Balaban J connectivity index is 1.97. The van der Waals surface area contributed by atoms with E-state index in [1.807, 2.05) is 19.1 Å². The van der Waals surface area contributed by atoms with Crippen LogP contribution in [0.3, 0.4) is 0 Å². The van der Waals surface area contributed by atoms with Crippen LogP contribution in [0, 0.1) is 0 Å². The van der Waals surface area contributed by atoms with Crippen molar-refractivity contribution in [2.45, 2.75) is 13.3 Å². The van der Waals surface area contributed by atoms with Crippen LogP contribution < -0.4 is 15.0 Å². The number of benzene rings is 2. The smallest absolute Gasteiger partial charge is 0.335 e. The fraction of sp³-hybridized carbons (Fsp3) is 0.136. The van der Waals surface area contributed by atoms with Crippen LogP contribution in [0.1, 0.15) is 18.1 Å². The number of anilines is 1. The third kappa shape index (κ3) is 4.47. The lowest BCUT2D eigenvalue weighted by Crippen LogP contribution is -2.54. The predicted octanol–water partition coefficient (Wildman–Crippen LogP) is 4.90. The number of imide groups is 2. The topological polar surface area (TPSA) is 75.7 Å². The lowest BCUT2D eigenvalue weighted by Gasteiger charge is -2.26. The maximum atomic E-state index is 13.0. The Kier molecular flexibility index (Phi) is 6.74. The summed E-state index contributed by atoms with van der Waals surface area (Å²) in [6.07, 6.45) is 3.79. The van der Waals surface area contributed by atoms with Gasteiger partial charge in [0.05, 0.1) is 15.2 Å². The number of hydrogen-bond acceptors (Lipinski definition) is 4. The molecule has 0 atom stereocenters. The third-order valence-electron chi connectivity index (χ3n) is 4.38. The summed E-state index contributed by atoms with van der Waals surface area (Å²) < 4.78 is 6.05. The van der Waals surface area contributed by atoms with Crippen LogP contribution in [-0.2, 0) is 16.0 Å². The van der Waals surface area contributed by atoms with Crippen molar-refractivity contribution >= 4 is 57.1 Å². The van der Waals surface area contributed by atoms with Gasteiger partial charge in [-0.15, -0.1) is 0 Å². The van der Waals surface area contributed by atoms with Gasteiger partial charge >= 0.3 is 6.03 Å². The number of nitrogens with zero attached hydrogens (tertiary/aromatic N) is 1. The molecule has 0 radical (unpaired) electrons. The van der Waals surface area contributed by atoms with Crippen LogP contribution in [0.2, 0.25) is 5.02 Å². The van der Waals surface area contributed by atoms with E-state index in [1.54, 1.807) is 30.3 Å². The van der Waals surface area contributed by atoms with Crippen LogP contribution in [-0.4, -0.2) is 24.5 Å². The molecule has 6 nitrogen and oxygen atoms in total.